The van der Waals surface area contributed by atoms with E-state index in [1.165, 1.54) is 4.88 Å². The Morgan fingerprint density at radius 1 is 1.20 bits per heavy atom. The fourth-order valence-corrected chi connectivity index (χ4v) is 3.53. The molecule has 0 aromatic carbocycles. The maximum atomic E-state index is 6.10. The van der Waals surface area contributed by atoms with Crippen LogP contribution in [0.4, 0.5) is 11.8 Å². The predicted octanol–water partition coefficient (Wildman–Crippen LogP) is 1.98. The number of nitrogen functional groups attached to an aromatic ring is 1. The van der Waals surface area contributed by atoms with Crippen molar-refractivity contribution in [2.24, 2.45) is 0 Å². The van der Waals surface area contributed by atoms with Gasteiger partial charge in [0.25, 0.3) is 0 Å². The largest absolute Gasteiger partial charge is 0.383 e. The average Bonchev–Trinajstić information content (AvgIpc) is 2.91. The number of hydrogen-bond donors (Lipinski definition) is 1. The van der Waals surface area contributed by atoms with Gasteiger partial charge >= 0.3 is 0 Å². The lowest BCUT2D eigenvalue weighted by Gasteiger charge is -2.34. The highest BCUT2D eigenvalue weighted by atomic mass is 32.1. The molecule has 0 aliphatic carbocycles. The molecular formula is C14H21N5S. The van der Waals surface area contributed by atoms with Crippen LogP contribution in [0, 0.1) is 0 Å². The second-order valence-corrected chi connectivity index (χ2v) is 6.23. The van der Waals surface area contributed by atoms with Crippen LogP contribution in [0.25, 0.3) is 10.2 Å². The number of aryl methyl sites for hydroxylation is 1. The Labute approximate surface area is 123 Å². The molecule has 6 heteroatoms. The number of piperazine rings is 1. The van der Waals surface area contributed by atoms with Gasteiger partial charge in [-0.1, -0.05) is 13.8 Å². The van der Waals surface area contributed by atoms with Crippen molar-refractivity contribution < 1.29 is 0 Å². The molecule has 5 nitrogen and oxygen atoms in total. The van der Waals surface area contributed by atoms with Crippen molar-refractivity contribution in [1.82, 2.24) is 14.9 Å². The van der Waals surface area contributed by atoms with E-state index in [9.17, 15) is 0 Å². The van der Waals surface area contributed by atoms with Gasteiger partial charge in [-0.3, -0.25) is 0 Å². The summed E-state index contributed by atoms with van der Waals surface area (Å²) in [5.74, 6) is 1.40. The van der Waals surface area contributed by atoms with Crippen LogP contribution < -0.4 is 10.6 Å². The van der Waals surface area contributed by atoms with Crippen molar-refractivity contribution in [3.8, 4) is 0 Å². The van der Waals surface area contributed by atoms with Crippen molar-refractivity contribution in [2.75, 3.05) is 43.4 Å². The maximum Gasteiger partial charge on any atom is 0.228 e. The van der Waals surface area contributed by atoms with Crippen LogP contribution in [0.1, 0.15) is 18.7 Å². The second kappa shape index (κ2) is 5.54. The summed E-state index contributed by atoms with van der Waals surface area (Å²) in [6.07, 6.45) is 1.02. The summed E-state index contributed by atoms with van der Waals surface area (Å²) in [6.45, 7) is 9.56. The number of anilines is 2. The molecular weight excluding hydrogens is 270 g/mol. The molecule has 0 saturated carbocycles. The van der Waals surface area contributed by atoms with E-state index < -0.39 is 0 Å². The highest BCUT2D eigenvalue weighted by Gasteiger charge is 2.19. The summed E-state index contributed by atoms with van der Waals surface area (Å²) in [4.78, 5) is 16.2. The summed E-state index contributed by atoms with van der Waals surface area (Å²) >= 11 is 1.73. The van der Waals surface area contributed by atoms with E-state index in [-0.39, 0.29) is 0 Å². The zero-order valence-corrected chi connectivity index (χ0v) is 12.9. The fraction of sp³-hybridized carbons (Fsp3) is 0.571. The SMILES string of the molecule is CCc1cc2c(N)nc(N3CCN(CC)CC3)nc2s1. The topological polar surface area (TPSA) is 58.3 Å². The molecule has 1 saturated heterocycles. The highest BCUT2D eigenvalue weighted by molar-refractivity contribution is 7.18. The Morgan fingerprint density at radius 3 is 2.60 bits per heavy atom. The average molecular weight is 291 g/mol. The molecule has 0 spiro atoms. The molecule has 108 valence electrons. The first-order valence-corrected chi connectivity index (χ1v) is 8.06. The molecule has 0 bridgehead atoms. The van der Waals surface area contributed by atoms with Gasteiger partial charge in [-0.25, -0.2) is 4.98 Å². The molecule has 1 fully saturated rings. The van der Waals surface area contributed by atoms with Crippen molar-refractivity contribution >= 4 is 33.3 Å². The molecule has 2 aromatic rings. The first-order valence-electron chi connectivity index (χ1n) is 7.24. The Kier molecular flexibility index (Phi) is 3.76. The van der Waals surface area contributed by atoms with Crippen LogP contribution in [-0.2, 0) is 6.42 Å². The first kappa shape index (κ1) is 13.6. The molecule has 1 aliphatic heterocycles. The molecule has 3 heterocycles. The fourth-order valence-electron chi connectivity index (χ4n) is 2.56. The third-order valence-electron chi connectivity index (χ3n) is 3.91. The van der Waals surface area contributed by atoms with Gasteiger partial charge in [-0.15, -0.1) is 11.3 Å². The number of aromatic nitrogens is 2. The minimum atomic E-state index is 0.610. The van der Waals surface area contributed by atoms with Crippen molar-refractivity contribution in [3.05, 3.63) is 10.9 Å². The smallest absolute Gasteiger partial charge is 0.228 e. The summed E-state index contributed by atoms with van der Waals surface area (Å²) < 4.78 is 0. The van der Waals surface area contributed by atoms with Crippen molar-refractivity contribution in [1.29, 1.82) is 0 Å². The Morgan fingerprint density at radius 2 is 1.95 bits per heavy atom. The van der Waals surface area contributed by atoms with E-state index >= 15 is 0 Å². The Bertz CT molecular complexity index is 601. The molecule has 2 N–H and O–H groups in total. The van der Waals surface area contributed by atoms with Crippen LogP contribution in [0.5, 0.6) is 0 Å². The number of hydrogen-bond acceptors (Lipinski definition) is 6. The molecule has 20 heavy (non-hydrogen) atoms. The number of likely N-dealkylation sites (N-methyl/N-ethyl adjacent to an activating group) is 1. The maximum absolute atomic E-state index is 6.10. The van der Waals surface area contributed by atoms with Gasteiger partial charge in [-0.2, -0.15) is 4.98 Å². The van der Waals surface area contributed by atoms with Crippen LogP contribution in [-0.4, -0.2) is 47.6 Å². The lowest BCUT2D eigenvalue weighted by molar-refractivity contribution is 0.270. The highest BCUT2D eigenvalue weighted by Crippen LogP contribution is 2.29. The van der Waals surface area contributed by atoms with E-state index in [0.29, 0.717) is 5.82 Å². The number of nitrogens with zero attached hydrogens (tertiary/aromatic N) is 4. The third kappa shape index (κ3) is 2.45. The molecule has 0 amide bonds. The number of rotatable bonds is 3. The van der Waals surface area contributed by atoms with Gasteiger partial charge < -0.3 is 15.5 Å². The van der Waals surface area contributed by atoms with Gasteiger partial charge in [0.05, 0.1) is 5.39 Å². The molecule has 0 atom stereocenters. The molecule has 3 rings (SSSR count). The monoisotopic (exact) mass is 291 g/mol. The zero-order chi connectivity index (χ0) is 14.1. The molecule has 2 aromatic heterocycles. The van der Waals surface area contributed by atoms with Gasteiger partial charge in [-0.05, 0) is 19.0 Å². The lowest BCUT2D eigenvalue weighted by atomic mass is 10.3. The summed E-state index contributed by atoms with van der Waals surface area (Å²) in [7, 11) is 0. The van der Waals surface area contributed by atoms with E-state index in [1.54, 1.807) is 11.3 Å². The summed E-state index contributed by atoms with van der Waals surface area (Å²) in [5.41, 5.74) is 6.10. The lowest BCUT2D eigenvalue weighted by Crippen LogP contribution is -2.46. The van der Waals surface area contributed by atoms with Gasteiger partial charge in [0.15, 0.2) is 0 Å². The second-order valence-electron chi connectivity index (χ2n) is 5.12. The number of fused-ring (bicyclic) bond motifs is 1. The van der Waals surface area contributed by atoms with Crippen molar-refractivity contribution in [2.45, 2.75) is 20.3 Å². The molecule has 0 radical (unpaired) electrons. The molecule has 0 unspecified atom stereocenters. The van der Waals surface area contributed by atoms with Crippen LogP contribution >= 0.6 is 11.3 Å². The molecule has 1 aliphatic rings. The van der Waals surface area contributed by atoms with E-state index in [0.717, 1.165) is 55.3 Å². The van der Waals surface area contributed by atoms with E-state index in [4.69, 9.17) is 10.7 Å². The number of thiophene rings is 1. The Hall–Kier alpha value is -1.40. The van der Waals surface area contributed by atoms with Crippen LogP contribution in [0.15, 0.2) is 6.07 Å². The summed E-state index contributed by atoms with van der Waals surface area (Å²) in [5, 5.41) is 1.00. The third-order valence-corrected chi connectivity index (χ3v) is 5.09. The Balaban J connectivity index is 1.88. The van der Waals surface area contributed by atoms with Gasteiger partial charge in [0.1, 0.15) is 10.6 Å². The van der Waals surface area contributed by atoms with Crippen molar-refractivity contribution in [3.63, 3.8) is 0 Å². The summed E-state index contributed by atoms with van der Waals surface area (Å²) in [6, 6.07) is 2.12. The van der Waals surface area contributed by atoms with Gasteiger partial charge in [0.2, 0.25) is 5.95 Å². The van der Waals surface area contributed by atoms with Crippen LogP contribution in [0.2, 0.25) is 0 Å². The standard InChI is InChI=1S/C14H21N5S/c1-3-10-9-11-12(15)16-14(17-13(11)20-10)19-7-5-18(4-2)6-8-19/h9H,3-8H2,1-2H3,(H2,15,16,17). The van der Waals surface area contributed by atoms with Crippen LogP contribution in [0.3, 0.4) is 0 Å². The minimum Gasteiger partial charge on any atom is -0.383 e. The minimum absolute atomic E-state index is 0.610. The number of nitrogens with two attached hydrogens (primary N) is 1. The zero-order valence-electron chi connectivity index (χ0n) is 12.1. The van der Waals surface area contributed by atoms with E-state index in [1.807, 2.05) is 0 Å². The van der Waals surface area contributed by atoms with E-state index in [2.05, 4.69) is 34.7 Å². The predicted molar refractivity (Wildman–Crippen MR) is 85.5 cm³/mol. The normalized spacial score (nSPS) is 17.0. The first-order chi connectivity index (χ1) is 9.71. The quantitative estimate of drug-likeness (QED) is 0.937. The van der Waals surface area contributed by atoms with Gasteiger partial charge in [0, 0.05) is 31.1 Å².